The Hall–Kier alpha value is -1.68. The molecule has 2 aromatic rings. The maximum absolute atomic E-state index is 5.60. The lowest BCUT2D eigenvalue weighted by atomic mass is 10.1. The molecule has 0 spiro atoms. The van der Waals surface area contributed by atoms with E-state index in [1.54, 1.807) is 4.68 Å². The van der Waals surface area contributed by atoms with Gasteiger partial charge in [0.15, 0.2) is 5.11 Å². The van der Waals surface area contributed by atoms with E-state index in [2.05, 4.69) is 5.10 Å². The normalized spacial score (nSPS) is 10.2. The van der Waals surface area contributed by atoms with Gasteiger partial charge in [0.2, 0.25) is 0 Å². The van der Waals surface area contributed by atoms with Crippen molar-refractivity contribution in [3.05, 3.63) is 42.1 Å². The highest BCUT2D eigenvalue weighted by Crippen LogP contribution is 2.19. The van der Waals surface area contributed by atoms with Gasteiger partial charge in [-0.1, -0.05) is 30.3 Å². The van der Waals surface area contributed by atoms with Crippen molar-refractivity contribution in [1.29, 1.82) is 0 Å². The van der Waals surface area contributed by atoms with Gasteiger partial charge < -0.3 is 5.73 Å². The van der Waals surface area contributed by atoms with E-state index in [-0.39, 0.29) is 5.11 Å². The van der Waals surface area contributed by atoms with Crippen molar-refractivity contribution in [2.24, 2.45) is 5.73 Å². The highest BCUT2D eigenvalue weighted by molar-refractivity contribution is 7.80. The van der Waals surface area contributed by atoms with Crippen LogP contribution in [0, 0.1) is 6.92 Å². The second kappa shape index (κ2) is 3.82. The first kappa shape index (κ1) is 9.86. The van der Waals surface area contributed by atoms with Gasteiger partial charge in [-0.2, -0.15) is 5.10 Å². The van der Waals surface area contributed by atoms with Crippen molar-refractivity contribution in [3.63, 3.8) is 0 Å². The molecular formula is C11H11N3S. The maximum Gasteiger partial charge on any atom is 0.191 e. The van der Waals surface area contributed by atoms with E-state index in [1.165, 1.54) is 0 Å². The second-order valence-electron chi connectivity index (χ2n) is 3.29. The van der Waals surface area contributed by atoms with Crippen molar-refractivity contribution in [2.45, 2.75) is 6.92 Å². The molecule has 0 aliphatic heterocycles. The quantitative estimate of drug-likeness (QED) is 0.742. The molecule has 2 rings (SSSR count). The zero-order valence-corrected chi connectivity index (χ0v) is 9.16. The van der Waals surface area contributed by atoms with Gasteiger partial charge in [-0.25, -0.2) is 4.68 Å². The fraction of sp³-hybridized carbons (Fsp3) is 0.0909. The molecule has 0 bridgehead atoms. The minimum absolute atomic E-state index is 0.266. The predicted molar refractivity (Wildman–Crippen MR) is 64.6 cm³/mol. The molecule has 0 fully saturated rings. The summed E-state index contributed by atoms with van der Waals surface area (Å²) in [4.78, 5) is 0. The summed E-state index contributed by atoms with van der Waals surface area (Å²) in [5.41, 5.74) is 8.49. The van der Waals surface area contributed by atoms with Crippen LogP contribution < -0.4 is 5.73 Å². The molecule has 0 unspecified atom stereocenters. The van der Waals surface area contributed by atoms with E-state index < -0.39 is 0 Å². The summed E-state index contributed by atoms with van der Waals surface area (Å²) in [6.07, 6.45) is 0. The summed E-state index contributed by atoms with van der Waals surface area (Å²) < 4.78 is 1.58. The number of hydrogen-bond donors (Lipinski definition) is 1. The predicted octanol–water partition coefficient (Wildman–Crippen LogP) is 1.95. The van der Waals surface area contributed by atoms with Crippen LogP contribution >= 0.6 is 12.2 Å². The molecule has 1 heterocycles. The Balaban J connectivity index is 2.58. The van der Waals surface area contributed by atoms with Gasteiger partial charge in [0.25, 0.3) is 0 Å². The highest BCUT2D eigenvalue weighted by atomic mass is 32.1. The Labute approximate surface area is 93.5 Å². The molecule has 0 aliphatic carbocycles. The Morgan fingerprint density at radius 2 is 2.00 bits per heavy atom. The van der Waals surface area contributed by atoms with Crippen molar-refractivity contribution in [1.82, 2.24) is 9.78 Å². The third-order valence-corrected chi connectivity index (χ3v) is 2.28. The Morgan fingerprint density at radius 3 is 2.60 bits per heavy atom. The van der Waals surface area contributed by atoms with Crippen LogP contribution in [0.15, 0.2) is 36.4 Å². The van der Waals surface area contributed by atoms with Gasteiger partial charge in [0.1, 0.15) is 0 Å². The molecular weight excluding hydrogens is 206 g/mol. The Morgan fingerprint density at radius 1 is 1.33 bits per heavy atom. The Bertz CT molecular complexity index is 488. The van der Waals surface area contributed by atoms with Crippen LogP contribution in [-0.2, 0) is 0 Å². The fourth-order valence-corrected chi connectivity index (χ4v) is 1.62. The lowest BCUT2D eigenvalue weighted by molar-refractivity contribution is 0.923. The van der Waals surface area contributed by atoms with Gasteiger partial charge >= 0.3 is 0 Å². The van der Waals surface area contributed by atoms with E-state index in [1.807, 2.05) is 43.3 Å². The average Bonchev–Trinajstić information content (AvgIpc) is 2.62. The molecule has 15 heavy (non-hydrogen) atoms. The summed E-state index contributed by atoms with van der Waals surface area (Å²) in [6, 6.07) is 11.9. The summed E-state index contributed by atoms with van der Waals surface area (Å²) in [5.74, 6) is 0. The Kier molecular flexibility index (Phi) is 2.51. The summed E-state index contributed by atoms with van der Waals surface area (Å²) in [5, 5.41) is 4.50. The SMILES string of the molecule is Cc1cc(-c2ccccc2)n(C(N)=S)n1. The average molecular weight is 217 g/mol. The van der Waals surface area contributed by atoms with E-state index in [4.69, 9.17) is 18.0 Å². The topological polar surface area (TPSA) is 43.8 Å². The van der Waals surface area contributed by atoms with Crippen LogP contribution in [0.2, 0.25) is 0 Å². The monoisotopic (exact) mass is 217 g/mol. The first-order chi connectivity index (χ1) is 7.18. The molecule has 0 saturated heterocycles. The number of aryl methyl sites for hydroxylation is 1. The minimum Gasteiger partial charge on any atom is -0.374 e. The maximum atomic E-state index is 5.60. The highest BCUT2D eigenvalue weighted by Gasteiger charge is 2.08. The van der Waals surface area contributed by atoms with Crippen LogP contribution in [0.1, 0.15) is 5.69 Å². The van der Waals surface area contributed by atoms with Gasteiger partial charge in [-0.15, -0.1) is 0 Å². The first-order valence-corrected chi connectivity index (χ1v) is 5.01. The zero-order chi connectivity index (χ0) is 10.8. The molecule has 76 valence electrons. The molecule has 0 radical (unpaired) electrons. The number of benzene rings is 1. The number of aromatic nitrogens is 2. The lowest BCUT2D eigenvalue weighted by Gasteiger charge is -2.04. The van der Waals surface area contributed by atoms with Crippen LogP contribution in [0.3, 0.4) is 0 Å². The molecule has 2 N–H and O–H groups in total. The van der Waals surface area contributed by atoms with Crippen LogP contribution in [0.5, 0.6) is 0 Å². The third-order valence-electron chi connectivity index (χ3n) is 2.11. The molecule has 4 heteroatoms. The standard InChI is InChI=1S/C11H11N3S/c1-8-7-10(14(13-8)11(12)15)9-5-3-2-4-6-9/h2-7H,1H3,(H2,12,15). The van der Waals surface area contributed by atoms with Crippen molar-refractivity contribution in [3.8, 4) is 11.3 Å². The van der Waals surface area contributed by atoms with E-state index in [9.17, 15) is 0 Å². The minimum atomic E-state index is 0.266. The van der Waals surface area contributed by atoms with Crippen molar-refractivity contribution >= 4 is 17.3 Å². The van der Waals surface area contributed by atoms with Crippen molar-refractivity contribution in [2.75, 3.05) is 0 Å². The summed E-state index contributed by atoms with van der Waals surface area (Å²) in [7, 11) is 0. The second-order valence-corrected chi connectivity index (χ2v) is 3.71. The number of rotatable bonds is 1. The molecule has 3 nitrogen and oxygen atoms in total. The number of hydrogen-bond acceptors (Lipinski definition) is 2. The molecule has 0 aliphatic rings. The first-order valence-electron chi connectivity index (χ1n) is 4.60. The number of nitrogens with zero attached hydrogens (tertiary/aromatic N) is 2. The van der Waals surface area contributed by atoms with Gasteiger partial charge in [0.05, 0.1) is 11.4 Å². The summed E-state index contributed by atoms with van der Waals surface area (Å²) in [6.45, 7) is 1.92. The van der Waals surface area contributed by atoms with Gasteiger partial charge in [0, 0.05) is 5.56 Å². The third kappa shape index (κ3) is 1.89. The molecule has 1 aromatic heterocycles. The van der Waals surface area contributed by atoms with E-state index in [0.717, 1.165) is 17.0 Å². The smallest absolute Gasteiger partial charge is 0.191 e. The van der Waals surface area contributed by atoms with Crippen molar-refractivity contribution < 1.29 is 0 Å². The molecule has 1 aromatic carbocycles. The molecule has 0 saturated carbocycles. The van der Waals surface area contributed by atoms with Crippen LogP contribution in [0.4, 0.5) is 0 Å². The summed E-state index contributed by atoms with van der Waals surface area (Å²) >= 11 is 4.94. The zero-order valence-electron chi connectivity index (χ0n) is 8.34. The van der Waals surface area contributed by atoms with Gasteiger partial charge in [-0.3, -0.25) is 0 Å². The van der Waals surface area contributed by atoms with E-state index >= 15 is 0 Å². The number of nitrogens with two attached hydrogens (primary N) is 1. The van der Waals surface area contributed by atoms with Crippen LogP contribution in [0.25, 0.3) is 11.3 Å². The largest absolute Gasteiger partial charge is 0.374 e. The molecule has 0 amide bonds. The lowest BCUT2D eigenvalue weighted by Crippen LogP contribution is -2.21. The van der Waals surface area contributed by atoms with E-state index in [0.29, 0.717) is 0 Å². The van der Waals surface area contributed by atoms with Gasteiger partial charge in [-0.05, 0) is 25.2 Å². The number of thiocarbonyl (C=S) groups is 1. The van der Waals surface area contributed by atoms with Crippen LogP contribution in [-0.4, -0.2) is 14.9 Å². The fourth-order valence-electron chi connectivity index (χ4n) is 1.48. The molecule has 0 atom stereocenters.